The zero-order valence-electron chi connectivity index (χ0n) is 12.7. The summed E-state index contributed by atoms with van der Waals surface area (Å²) in [7, 11) is 0. The Hall–Kier alpha value is -0.610. The first-order valence-corrected chi connectivity index (χ1v) is 8.40. The van der Waals surface area contributed by atoms with Crippen molar-refractivity contribution in [1.82, 2.24) is 9.80 Å². The van der Waals surface area contributed by atoms with Crippen LogP contribution in [0.4, 0.5) is 0 Å². The Morgan fingerprint density at radius 3 is 2.40 bits per heavy atom. The maximum atomic E-state index is 12.5. The topological polar surface area (TPSA) is 43.8 Å². The minimum Gasteiger partial charge on any atom is -0.395 e. The minimum atomic E-state index is 0.218. The molecule has 2 fully saturated rings. The van der Waals surface area contributed by atoms with E-state index in [1.54, 1.807) is 0 Å². The second-order valence-corrected chi connectivity index (χ2v) is 6.36. The minimum absolute atomic E-state index is 0.218. The van der Waals surface area contributed by atoms with E-state index in [2.05, 4.69) is 9.80 Å². The van der Waals surface area contributed by atoms with Crippen molar-refractivity contribution in [2.45, 2.75) is 51.4 Å². The molecule has 0 aromatic heterocycles. The highest BCUT2D eigenvalue weighted by Gasteiger charge is 2.22. The molecule has 1 saturated heterocycles. The summed E-state index contributed by atoms with van der Waals surface area (Å²) in [6.45, 7) is 4.62. The molecule has 4 heteroatoms. The lowest BCUT2D eigenvalue weighted by Crippen LogP contribution is -2.36. The first kappa shape index (κ1) is 15.8. The van der Waals surface area contributed by atoms with Gasteiger partial charge in [-0.3, -0.25) is 9.69 Å². The molecule has 0 bridgehead atoms. The zero-order chi connectivity index (χ0) is 14.2. The van der Waals surface area contributed by atoms with E-state index in [1.165, 1.54) is 38.5 Å². The van der Waals surface area contributed by atoms with E-state index < -0.39 is 0 Å². The van der Waals surface area contributed by atoms with Gasteiger partial charge in [0.2, 0.25) is 5.91 Å². The highest BCUT2D eigenvalue weighted by molar-refractivity contribution is 5.76. The van der Waals surface area contributed by atoms with E-state index >= 15 is 0 Å². The van der Waals surface area contributed by atoms with Crippen molar-refractivity contribution in [2.75, 3.05) is 39.3 Å². The number of amides is 1. The number of nitrogens with zero attached hydrogens (tertiary/aromatic N) is 2. The summed E-state index contributed by atoms with van der Waals surface area (Å²) in [5.41, 5.74) is 0. The van der Waals surface area contributed by atoms with E-state index in [9.17, 15) is 4.79 Å². The van der Waals surface area contributed by atoms with Crippen molar-refractivity contribution in [3.8, 4) is 0 Å². The molecule has 0 atom stereocenters. The van der Waals surface area contributed by atoms with Crippen LogP contribution < -0.4 is 0 Å². The molecule has 116 valence electrons. The second kappa shape index (κ2) is 8.63. The number of hydrogen-bond acceptors (Lipinski definition) is 3. The van der Waals surface area contributed by atoms with Crippen LogP contribution >= 0.6 is 0 Å². The third-order valence-electron chi connectivity index (χ3n) is 4.80. The molecule has 0 unspecified atom stereocenters. The summed E-state index contributed by atoms with van der Waals surface area (Å²) in [6, 6.07) is 0. The molecule has 0 aromatic rings. The van der Waals surface area contributed by atoms with Crippen molar-refractivity contribution < 1.29 is 9.90 Å². The Bertz CT molecular complexity index is 288. The fourth-order valence-corrected chi connectivity index (χ4v) is 3.53. The number of carbonyl (C=O) groups excluding carboxylic acids is 1. The molecular weight excluding hydrogens is 252 g/mol. The van der Waals surface area contributed by atoms with E-state index in [4.69, 9.17) is 5.11 Å². The third-order valence-corrected chi connectivity index (χ3v) is 4.80. The van der Waals surface area contributed by atoms with Gasteiger partial charge < -0.3 is 10.0 Å². The Morgan fingerprint density at radius 1 is 0.950 bits per heavy atom. The standard InChI is InChI=1S/C16H30N2O2/c19-13-12-17-8-5-9-18(11-10-17)16(20)14-15-6-3-1-2-4-7-15/h15,19H,1-14H2. The first-order valence-electron chi connectivity index (χ1n) is 8.40. The van der Waals surface area contributed by atoms with Crippen LogP contribution in [-0.2, 0) is 4.79 Å². The monoisotopic (exact) mass is 282 g/mol. The second-order valence-electron chi connectivity index (χ2n) is 6.36. The number of aliphatic hydroxyl groups is 1. The van der Waals surface area contributed by atoms with Gasteiger partial charge in [0, 0.05) is 32.6 Å². The quantitative estimate of drug-likeness (QED) is 0.801. The molecule has 2 aliphatic rings. The van der Waals surface area contributed by atoms with Crippen LogP contribution in [0, 0.1) is 5.92 Å². The average Bonchev–Trinajstić information content (AvgIpc) is 2.82. The molecule has 1 heterocycles. The molecule has 1 aliphatic carbocycles. The number of β-amino-alcohol motifs (C(OH)–C–C–N with tert-alkyl or cyclic N) is 1. The lowest BCUT2D eigenvalue weighted by Gasteiger charge is -2.23. The zero-order valence-corrected chi connectivity index (χ0v) is 12.7. The number of aliphatic hydroxyl groups excluding tert-OH is 1. The molecule has 1 aliphatic heterocycles. The van der Waals surface area contributed by atoms with Gasteiger partial charge in [-0.25, -0.2) is 0 Å². The normalized spacial score (nSPS) is 23.4. The molecular formula is C16H30N2O2. The highest BCUT2D eigenvalue weighted by Crippen LogP contribution is 2.26. The Balaban J connectivity index is 1.76. The third kappa shape index (κ3) is 5.06. The first-order chi connectivity index (χ1) is 9.79. The van der Waals surface area contributed by atoms with Gasteiger partial charge in [0.15, 0.2) is 0 Å². The molecule has 0 aromatic carbocycles. The van der Waals surface area contributed by atoms with Gasteiger partial charge in [0.25, 0.3) is 0 Å². The maximum Gasteiger partial charge on any atom is 0.222 e. The average molecular weight is 282 g/mol. The number of rotatable bonds is 4. The lowest BCUT2D eigenvalue weighted by atomic mass is 9.96. The Labute approximate surface area is 123 Å². The highest BCUT2D eigenvalue weighted by atomic mass is 16.3. The summed E-state index contributed by atoms with van der Waals surface area (Å²) < 4.78 is 0. The predicted molar refractivity (Wildman–Crippen MR) is 80.5 cm³/mol. The maximum absolute atomic E-state index is 12.5. The van der Waals surface area contributed by atoms with Crippen LogP contribution in [0.5, 0.6) is 0 Å². The molecule has 20 heavy (non-hydrogen) atoms. The molecule has 4 nitrogen and oxygen atoms in total. The van der Waals surface area contributed by atoms with E-state index in [0.717, 1.165) is 45.6 Å². The van der Waals surface area contributed by atoms with Crippen LogP contribution in [-0.4, -0.2) is 60.1 Å². The van der Waals surface area contributed by atoms with E-state index in [0.29, 0.717) is 11.8 Å². The van der Waals surface area contributed by atoms with Gasteiger partial charge in [-0.1, -0.05) is 25.7 Å². The SMILES string of the molecule is O=C(CC1CCCCCC1)N1CCCN(CCO)CC1. The van der Waals surface area contributed by atoms with Gasteiger partial charge >= 0.3 is 0 Å². The molecule has 1 N–H and O–H groups in total. The van der Waals surface area contributed by atoms with Crippen molar-refractivity contribution >= 4 is 5.91 Å². The predicted octanol–water partition coefficient (Wildman–Crippen LogP) is 1.87. The number of hydrogen-bond donors (Lipinski definition) is 1. The van der Waals surface area contributed by atoms with Crippen molar-refractivity contribution in [3.63, 3.8) is 0 Å². The smallest absolute Gasteiger partial charge is 0.222 e. The van der Waals surface area contributed by atoms with Gasteiger partial charge in [0.1, 0.15) is 0 Å². The van der Waals surface area contributed by atoms with Crippen molar-refractivity contribution in [1.29, 1.82) is 0 Å². The molecule has 2 rings (SSSR count). The summed E-state index contributed by atoms with van der Waals surface area (Å²) in [5, 5.41) is 9.01. The van der Waals surface area contributed by atoms with Crippen LogP contribution in [0.1, 0.15) is 51.4 Å². The Kier molecular flexibility index (Phi) is 6.80. The lowest BCUT2D eigenvalue weighted by molar-refractivity contribution is -0.132. The molecule has 0 spiro atoms. The van der Waals surface area contributed by atoms with E-state index in [1.807, 2.05) is 0 Å². The van der Waals surface area contributed by atoms with Crippen molar-refractivity contribution in [3.05, 3.63) is 0 Å². The number of carbonyl (C=O) groups is 1. The molecule has 1 saturated carbocycles. The fraction of sp³-hybridized carbons (Fsp3) is 0.938. The summed E-state index contributed by atoms with van der Waals surface area (Å²) in [6.07, 6.45) is 9.61. The van der Waals surface area contributed by atoms with Crippen LogP contribution in [0.3, 0.4) is 0 Å². The summed E-state index contributed by atoms with van der Waals surface area (Å²) >= 11 is 0. The van der Waals surface area contributed by atoms with Crippen LogP contribution in [0.15, 0.2) is 0 Å². The van der Waals surface area contributed by atoms with Gasteiger partial charge in [-0.05, 0) is 31.7 Å². The Morgan fingerprint density at radius 2 is 1.70 bits per heavy atom. The van der Waals surface area contributed by atoms with Gasteiger partial charge in [-0.2, -0.15) is 0 Å². The molecule has 0 radical (unpaired) electrons. The summed E-state index contributed by atoms with van der Waals surface area (Å²) in [4.78, 5) is 16.8. The van der Waals surface area contributed by atoms with Gasteiger partial charge in [0.05, 0.1) is 6.61 Å². The van der Waals surface area contributed by atoms with Crippen LogP contribution in [0.25, 0.3) is 0 Å². The summed E-state index contributed by atoms with van der Waals surface area (Å²) in [5.74, 6) is 0.990. The fourth-order valence-electron chi connectivity index (χ4n) is 3.53. The van der Waals surface area contributed by atoms with E-state index in [-0.39, 0.29) is 6.61 Å². The van der Waals surface area contributed by atoms with Crippen LogP contribution in [0.2, 0.25) is 0 Å². The molecule has 1 amide bonds. The largest absolute Gasteiger partial charge is 0.395 e. The van der Waals surface area contributed by atoms with Gasteiger partial charge in [-0.15, -0.1) is 0 Å². The van der Waals surface area contributed by atoms with Crippen molar-refractivity contribution in [2.24, 2.45) is 5.92 Å².